The van der Waals surface area contributed by atoms with Crippen LogP contribution in [0.5, 0.6) is 5.75 Å². The summed E-state index contributed by atoms with van der Waals surface area (Å²) >= 11 is 0. The minimum Gasteiger partial charge on any atom is -0.467 e. The molecule has 0 fully saturated rings. The zero-order valence-corrected chi connectivity index (χ0v) is 17.0. The Hall–Kier alpha value is -3.94. The Morgan fingerprint density at radius 1 is 1.23 bits per heavy atom. The van der Waals surface area contributed by atoms with Gasteiger partial charge in [-0.15, -0.1) is 0 Å². The van der Waals surface area contributed by atoms with Gasteiger partial charge in [0.15, 0.2) is 12.2 Å². The third kappa shape index (κ3) is 3.46. The Balaban J connectivity index is 1.54. The minimum absolute atomic E-state index is 0.189. The number of hydrogen-bond donors (Lipinski definition) is 1. The first-order chi connectivity index (χ1) is 15.0. The van der Waals surface area contributed by atoms with E-state index >= 15 is 0 Å². The second-order valence-electron chi connectivity index (χ2n) is 7.46. The molecule has 0 amide bonds. The lowest BCUT2D eigenvalue weighted by Gasteiger charge is -2.19. The highest BCUT2D eigenvalue weighted by atomic mass is 19.1. The number of pyridine rings is 1. The van der Waals surface area contributed by atoms with E-state index in [2.05, 4.69) is 15.4 Å². The van der Waals surface area contributed by atoms with E-state index < -0.39 is 12.2 Å². The van der Waals surface area contributed by atoms with Gasteiger partial charge >= 0.3 is 0 Å². The van der Waals surface area contributed by atoms with Crippen LogP contribution < -0.4 is 15.6 Å². The second kappa shape index (κ2) is 7.39. The lowest BCUT2D eigenvalue weighted by Crippen LogP contribution is -2.32. The zero-order valence-electron chi connectivity index (χ0n) is 17.0. The highest BCUT2D eigenvalue weighted by molar-refractivity contribution is 6.07. The maximum absolute atomic E-state index is 13.4. The molecule has 1 N–H and O–H groups in total. The van der Waals surface area contributed by atoms with Gasteiger partial charge in [0.1, 0.15) is 11.3 Å². The van der Waals surface area contributed by atoms with E-state index in [-0.39, 0.29) is 5.56 Å². The van der Waals surface area contributed by atoms with E-state index in [1.807, 2.05) is 48.9 Å². The van der Waals surface area contributed by atoms with Crippen LogP contribution in [-0.2, 0) is 13.6 Å². The Morgan fingerprint density at radius 2 is 2.10 bits per heavy atom. The molecule has 3 aromatic heterocycles. The van der Waals surface area contributed by atoms with Crippen molar-refractivity contribution in [2.75, 3.05) is 0 Å². The van der Waals surface area contributed by atoms with Gasteiger partial charge in [-0.1, -0.05) is 12.1 Å². The van der Waals surface area contributed by atoms with Crippen molar-refractivity contribution in [2.45, 2.75) is 19.7 Å². The van der Waals surface area contributed by atoms with Crippen LogP contribution in [0.15, 0.2) is 71.6 Å². The van der Waals surface area contributed by atoms with Crippen LogP contribution in [0.4, 0.5) is 4.39 Å². The molecule has 4 aromatic rings. The largest absolute Gasteiger partial charge is 0.467 e. The molecule has 1 aliphatic rings. The number of aromatic nitrogens is 4. The van der Waals surface area contributed by atoms with Crippen LogP contribution in [0, 0.1) is 6.92 Å². The molecule has 7 nitrogen and oxygen atoms in total. The predicted molar refractivity (Wildman–Crippen MR) is 116 cm³/mol. The van der Waals surface area contributed by atoms with Crippen molar-refractivity contribution >= 4 is 21.8 Å². The Morgan fingerprint density at radius 3 is 2.90 bits per heavy atom. The number of benzene rings is 1. The number of nitrogens with zero attached hydrogens (tertiary/aromatic N) is 4. The van der Waals surface area contributed by atoms with Crippen molar-refractivity contribution in [2.24, 2.45) is 7.05 Å². The molecule has 4 heterocycles. The first-order valence-electron chi connectivity index (χ1n) is 9.87. The number of aryl methyl sites for hydroxylation is 2. The van der Waals surface area contributed by atoms with Gasteiger partial charge in [0.2, 0.25) is 0 Å². The van der Waals surface area contributed by atoms with Gasteiger partial charge in [-0.2, -0.15) is 9.49 Å². The average molecular weight is 417 g/mol. The van der Waals surface area contributed by atoms with Crippen LogP contribution in [0.25, 0.3) is 21.8 Å². The predicted octanol–water partition coefficient (Wildman–Crippen LogP) is 3.32. The van der Waals surface area contributed by atoms with Crippen molar-refractivity contribution in [3.63, 3.8) is 0 Å². The monoisotopic (exact) mass is 417 g/mol. The molecule has 31 heavy (non-hydrogen) atoms. The number of halogens is 1. The molecule has 0 radical (unpaired) electrons. The molecule has 0 aliphatic carbocycles. The highest BCUT2D eigenvalue weighted by Gasteiger charge is 2.17. The summed E-state index contributed by atoms with van der Waals surface area (Å²) in [6.45, 7) is 2.21. The lowest BCUT2D eigenvalue weighted by atomic mass is 10.2. The summed E-state index contributed by atoms with van der Waals surface area (Å²) in [5.74, 6) is 0.111. The summed E-state index contributed by atoms with van der Waals surface area (Å²) in [7, 11) is 1.84. The maximum atomic E-state index is 13.4. The maximum Gasteiger partial charge on any atom is 0.291 e. The Bertz CT molecular complexity index is 1430. The average Bonchev–Trinajstić information content (AvgIpc) is 3.02. The third-order valence-corrected chi connectivity index (χ3v) is 5.30. The van der Waals surface area contributed by atoms with Gasteiger partial charge in [0, 0.05) is 29.6 Å². The molecule has 0 bridgehead atoms. The Labute approximate surface area is 177 Å². The van der Waals surface area contributed by atoms with Crippen LogP contribution >= 0.6 is 0 Å². The van der Waals surface area contributed by atoms with Crippen molar-refractivity contribution < 1.29 is 9.13 Å². The number of allylic oxidation sites excluding steroid dienone is 2. The van der Waals surface area contributed by atoms with E-state index in [0.29, 0.717) is 17.8 Å². The first-order valence-corrected chi connectivity index (χ1v) is 9.87. The number of nitrogens with one attached hydrogen (secondary N) is 1. The fraction of sp³-hybridized carbons (Fsp3) is 0.174. The molecule has 1 aromatic carbocycles. The van der Waals surface area contributed by atoms with Crippen LogP contribution in [0.3, 0.4) is 0 Å². The first kappa shape index (κ1) is 19.0. The molecular weight excluding hydrogens is 397 g/mol. The van der Waals surface area contributed by atoms with Crippen molar-refractivity contribution in [1.29, 1.82) is 0 Å². The third-order valence-electron chi connectivity index (χ3n) is 5.30. The second-order valence-corrected chi connectivity index (χ2v) is 7.46. The molecule has 1 aliphatic heterocycles. The topological polar surface area (TPSA) is 74.0 Å². The van der Waals surface area contributed by atoms with Gasteiger partial charge in [-0.25, -0.2) is 4.68 Å². The highest BCUT2D eigenvalue weighted by Crippen LogP contribution is 2.29. The van der Waals surface area contributed by atoms with Crippen molar-refractivity contribution in [3.05, 3.63) is 88.5 Å². The van der Waals surface area contributed by atoms with Crippen LogP contribution in [-0.4, -0.2) is 25.6 Å². The smallest absolute Gasteiger partial charge is 0.291 e. The van der Waals surface area contributed by atoms with Gasteiger partial charge < -0.3 is 14.6 Å². The molecule has 156 valence electrons. The molecule has 1 atom stereocenters. The summed E-state index contributed by atoms with van der Waals surface area (Å²) in [6.07, 6.45) is 5.76. The van der Waals surface area contributed by atoms with Gasteiger partial charge in [0.25, 0.3) is 5.56 Å². The van der Waals surface area contributed by atoms with Gasteiger partial charge in [-0.3, -0.25) is 9.78 Å². The van der Waals surface area contributed by atoms with E-state index in [9.17, 15) is 9.18 Å². The van der Waals surface area contributed by atoms with E-state index in [4.69, 9.17) is 4.74 Å². The summed E-state index contributed by atoms with van der Waals surface area (Å²) in [5.41, 5.74) is 2.86. The Kier molecular flexibility index (Phi) is 4.54. The number of ether oxygens (including phenoxy) is 1. The number of hydrogen-bond acceptors (Lipinski definition) is 5. The standard InChI is InChI=1S/C23H20FN5O2/c1-14-5-3-6-15(26-14)13-29-23(30)22-18(12-25-29)17-10-9-16(11-19(17)28(22)2)31-21-8-4-7-20(24)27-21/h3-12,21,27H,13H2,1-2H3. The molecule has 0 saturated carbocycles. The van der Waals surface area contributed by atoms with E-state index in [0.717, 1.165) is 27.7 Å². The summed E-state index contributed by atoms with van der Waals surface area (Å²) in [4.78, 5) is 17.7. The number of dihydropyridines is 1. The molecule has 0 spiro atoms. The SMILES string of the molecule is Cc1cccc(Cn2ncc3c4ccc(OC5C=CC=C(F)N5)cc4n(C)c3c2=O)n1. The molecule has 8 heteroatoms. The van der Waals surface area contributed by atoms with Crippen molar-refractivity contribution in [3.8, 4) is 5.75 Å². The minimum atomic E-state index is -0.599. The zero-order chi connectivity index (χ0) is 21.5. The molecular formula is C23H20FN5O2. The molecule has 0 saturated heterocycles. The van der Waals surface area contributed by atoms with Crippen LogP contribution in [0.1, 0.15) is 11.4 Å². The fourth-order valence-corrected chi connectivity index (χ4v) is 3.85. The van der Waals surface area contributed by atoms with E-state index in [1.54, 1.807) is 24.4 Å². The number of fused-ring (bicyclic) bond motifs is 3. The fourth-order valence-electron chi connectivity index (χ4n) is 3.85. The summed E-state index contributed by atoms with van der Waals surface area (Å²) < 4.78 is 22.5. The van der Waals surface area contributed by atoms with Gasteiger partial charge in [0.05, 0.1) is 24.0 Å². The lowest BCUT2D eigenvalue weighted by molar-refractivity contribution is 0.209. The van der Waals surface area contributed by atoms with Crippen molar-refractivity contribution in [1.82, 2.24) is 24.6 Å². The van der Waals surface area contributed by atoms with Gasteiger partial charge in [-0.05, 0) is 43.3 Å². The van der Waals surface area contributed by atoms with Crippen LogP contribution in [0.2, 0.25) is 0 Å². The normalized spacial score (nSPS) is 15.8. The summed E-state index contributed by atoms with van der Waals surface area (Å²) in [6, 6.07) is 11.2. The molecule has 1 unspecified atom stereocenters. The molecule has 5 rings (SSSR count). The quantitative estimate of drug-likeness (QED) is 0.516. The van der Waals surface area contributed by atoms with E-state index in [1.165, 1.54) is 10.8 Å². The number of rotatable bonds is 4. The summed E-state index contributed by atoms with van der Waals surface area (Å²) in [5, 5.41) is 8.65.